The van der Waals surface area contributed by atoms with Crippen molar-refractivity contribution in [1.29, 1.82) is 0 Å². The molecule has 98 valence electrons. The highest BCUT2D eigenvalue weighted by molar-refractivity contribution is 5.02. The first-order valence-corrected chi connectivity index (χ1v) is 6.95. The molecule has 1 nitrogen and oxygen atoms in total. The molecule has 1 unspecified atom stereocenters. The van der Waals surface area contributed by atoms with Crippen molar-refractivity contribution in [3.05, 3.63) is 23.3 Å². The Morgan fingerprint density at radius 2 is 1.94 bits per heavy atom. The summed E-state index contributed by atoms with van der Waals surface area (Å²) >= 11 is 0. The summed E-state index contributed by atoms with van der Waals surface area (Å²) in [6, 6.07) is 0. The van der Waals surface area contributed by atoms with Crippen LogP contribution in [0.25, 0.3) is 0 Å². The SMILES string of the molecule is CC(C)=CCC/C(C)=C/CCC1(C)CCCO1. The van der Waals surface area contributed by atoms with Crippen LogP contribution in [0.3, 0.4) is 0 Å². The van der Waals surface area contributed by atoms with Crippen molar-refractivity contribution in [2.75, 3.05) is 6.61 Å². The summed E-state index contributed by atoms with van der Waals surface area (Å²) < 4.78 is 5.80. The van der Waals surface area contributed by atoms with Crippen LogP contribution < -0.4 is 0 Å². The molecule has 1 heteroatoms. The molecule has 1 aliphatic heterocycles. The first-order chi connectivity index (χ1) is 8.02. The monoisotopic (exact) mass is 236 g/mol. The molecule has 0 N–H and O–H groups in total. The molecule has 1 rings (SSSR count). The van der Waals surface area contributed by atoms with Crippen LogP contribution in [0.15, 0.2) is 23.3 Å². The lowest BCUT2D eigenvalue weighted by molar-refractivity contribution is 0.0141. The largest absolute Gasteiger partial charge is 0.375 e. The number of hydrogen-bond donors (Lipinski definition) is 0. The third-order valence-electron chi connectivity index (χ3n) is 3.56. The topological polar surface area (TPSA) is 9.23 Å². The molecule has 0 bridgehead atoms. The highest BCUT2D eigenvalue weighted by Crippen LogP contribution is 2.29. The van der Waals surface area contributed by atoms with Gasteiger partial charge in [-0.3, -0.25) is 0 Å². The molecule has 1 aliphatic rings. The van der Waals surface area contributed by atoms with Gasteiger partial charge in [-0.25, -0.2) is 0 Å². The van der Waals surface area contributed by atoms with Gasteiger partial charge in [0.05, 0.1) is 5.60 Å². The molecular weight excluding hydrogens is 208 g/mol. The molecule has 0 saturated carbocycles. The Labute approximate surface area is 107 Å². The second-order valence-corrected chi connectivity index (χ2v) is 5.81. The van der Waals surface area contributed by atoms with E-state index in [-0.39, 0.29) is 5.60 Å². The fourth-order valence-corrected chi connectivity index (χ4v) is 2.35. The number of allylic oxidation sites excluding steroid dienone is 4. The minimum atomic E-state index is 0.163. The van der Waals surface area contributed by atoms with Gasteiger partial charge in [0.2, 0.25) is 0 Å². The molecule has 0 radical (unpaired) electrons. The minimum Gasteiger partial charge on any atom is -0.375 e. The van der Waals surface area contributed by atoms with Gasteiger partial charge in [0, 0.05) is 6.61 Å². The molecule has 1 fully saturated rings. The van der Waals surface area contributed by atoms with Crippen LogP contribution in [0.2, 0.25) is 0 Å². The second-order valence-electron chi connectivity index (χ2n) is 5.81. The Bertz CT molecular complexity index is 276. The van der Waals surface area contributed by atoms with E-state index < -0.39 is 0 Å². The Balaban J connectivity index is 2.21. The summed E-state index contributed by atoms with van der Waals surface area (Å²) in [5, 5.41) is 0. The summed E-state index contributed by atoms with van der Waals surface area (Å²) in [6.45, 7) is 9.79. The quantitative estimate of drug-likeness (QED) is 0.588. The van der Waals surface area contributed by atoms with E-state index in [2.05, 4.69) is 39.8 Å². The zero-order valence-corrected chi connectivity index (χ0v) is 12.0. The Hall–Kier alpha value is -0.560. The highest BCUT2D eigenvalue weighted by Gasteiger charge is 2.28. The molecular formula is C16H28O. The fraction of sp³-hybridized carbons (Fsp3) is 0.750. The Morgan fingerprint density at radius 1 is 1.18 bits per heavy atom. The van der Waals surface area contributed by atoms with E-state index in [1.807, 2.05) is 0 Å². The van der Waals surface area contributed by atoms with Crippen LogP contribution in [0, 0.1) is 0 Å². The van der Waals surface area contributed by atoms with E-state index in [1.54, 1.807) is 0 Å². The second kappa shape index (κ2) is 7.00. The van der Waals surface area contributed by atoms with Crippen molar-refractivity contribution in [1.82, 2.24) is 0 Å². The molecule has 0 aromatic rings. The van der Waals surface area contributed by atoms with Crippen molar-refractivity contribution in [2.24, 2.45) is 0 Å². The molecule has 0 amide bonds. The zero-order valence-electron chi connectivity index (χ0n) is 12.0. The van der Waals surface area contributed by atoms with Crippen molar-refractivity contribution >= 4 is 0 Å². The number of ether oxygens (including phenoxy) is 1. The molecule has 1 saturated heterocycles. The molecule has 0 aromatic carbocycles. The van der Waals surface area contributed by atoms with E-state index in [4.69, 9.17) is 4.74 Å². The van der Waals surface area contributed by atoms with Crippen molar-refractivity contribution in [2.45, 2.75) is 71.8 Å². The molecule has 0 aliphatic carbocycles. The highest BCUT2D eigenvalue weighted by atomic mass is 16.5. The van der Waals surface area contributed by atoms with Gasteiger partial charge < -0.3 is 4.74 Å². The van der Waals surface area contributed by atoms with Gasteiger partial charge in [-0.15, -0.1) is 0 Å². The van der Waals surface area contributed by atoms with Crippen LogP contribution in [0.5, 0.6) is 0 Å². The number of hydrogen-bond acceptors (Lipinski definition) is 1. The molecule has 17 heavy (non-hydrogen) atoms. The van der Waals surface area contributed by atoms with Gasteiger partial charge >= 0.3 is 0 Å². The smallest absolute Gasteiger partial charge is 0.0658 e. The van der Waals surface area contributed by atoms with E-state index in [0.29, 0.717) is 0 Å². The summed E-state index contributed by atoms with van der Waals surface area (Å²) in [5.41, 5.74) is 3.10. The Kier molecular flexibility index (Phi) is 5.97. The summed E-state index contributed by atoms with van der Waals surface area (Å²) in [7, 11) is 0. The molecule has 0 aromatic heterocycles. The minimum absolute atomic E-state index is 0.163. The maximum absolute atomic E-state index is 5.80. The van der Waals surface area contributed by atoms with Crippen LogP contribution in [0.4, 0.5) is 0 Å². The predicted octanol–water partition coefficient (Wildman–Crippen LogP) is 5.03. The maximum Gasteiger partial charge on any atom is 0.0658 e. The van der Waals surface area contributed by atoms with Crippen molar-refractivity contribution < 1.29 is 4.74 Å². The van der Waals surface area contributed by atoms with E-state index in [1.165, 1.54) is 43.3 Å². The van der Waals surface area contributed by atoms with Crippen LogP contribution >= 0.6 is 0 Å². The average Bonchev–Trinajstić information content (AvgIpc) is 2.65. The van der Waals surface area contributed by atoms with E-state index in [9.17, 15) is 0 Å². The average molecular weight is 236 g/mol. The normalized spacial score (nSPS) is 25.1. The predicted molar refractivity (Wildman–Crippen MR) is 75.2 cm³/mol. The standard InChI is InChI=1S/C16H28O/c1-14(2)8-5-9-15(3)10-6-11-16(4)12-7-13-17-16/h8,10H,5-7,9,11-13H2,1-4H3/b15-10+. The third kappa shape index (κ3) is 6.07. The van der Waals surface area contributed by atoms with E-state index >= 15 is 0 Å². The van der Waals surface area contributed by atoms with Gasteiger partial charge in [0.15, 0.2) is 0 Å². The first kappa shape index (κ1) is 14.5. The van der Waals surface area contributed by atoms with Crippen LogP contribution in [-0.4, -0.2) is 12.2 Å². The van der Waals surface area contributed by atoms with Crippen molar-refractivity contribution in [3.8, 4) is 0 Å². The van der Waals surface area contributed by atoms with Gasteiger partial charge in [0.25, 0.3) is 0 Å². The lowest BCUT2D eigenvalue weighted by Crippen LogP contribution is -2.22. The molecule has 1 atom stereocenters. The summed E-state index contributed by atoms with van der Waals surface area (Å²) in [4.78, 5) is 0. The van der Waals surface area contributed by atoms with Crippen molar-refractivity contribution in [3.63, 3.8) is 0 Å². The fourth-order valence-electron chi connectivity index (χ4n) is 2.35. The van der Waals surface area contributed by atoms with Crippen LogP contribution in [0.1, 0.15) is 66.2 Å². The van der Waals surface area contributed by atoms with Gasteiger partial charge in [-0.1, -0.05) is 23.3 Å². The molecule has 0 spiro atoms. The lowest BCUT2D eigenvalue weighted by atomic mass is 9.95. The number of rotatable bonds is 6. The lowest BCUT2D eigenvalue weighted by Gasteiger charge is -2.22. The van der Waals surface area contributed by atoms with Gasteiger partial charge in [-0.05, 0) is 66.2 Å². The summed E-state index contributed by atoms with van der Waals surface area (Å²) in [6.07, 6.45) is 11.9. The Morgan fingerprint density at radius 3 is 2.53 bits per heavy atom. The molecule has 1 heterocycles. The van der Waals surface area contributed by atoms with Crippen LogP contribution in [-0.2, 0) is 4.74 Å². The maximum atomic E-state index is 5.80. The van der Waals surface area contributed by atoms with Gasteiger partial charge in [-0.2, -0.15) is 0 Å². The zero-order chi connectivity index (χ0) is 12.7. The summed E-state index contributed by atoms with van der Waals surface area (Å²) in [5.74, 6) is 0. The van der Waals surface area contributed by atoms with E-state index in [0.717, 1.165) is 13.0 Å². The van der Waals surface area contributed by atoms with Gasteiger partial charge in [0.1, 0.15) is 0 Å². The third-order valence-corrected chi connectivity index (χ3v) is 3.56. The first-order valence-electron chi connectivity index (χ1n) is 6.95.